The summed E-state index contributed by atoms with van der Waals surface area (Å²) < 4.78 is 16.0. The number of hydrogen-bond acceptors (Lipinski definition) is 4. The van der Waals surface area contributed by atoms with Crippen molar-refractivity contribution >= 4 is 34.3 Å². The fraction of sp³-hybridized carbons (Fsp3) is 0.407. The first-order valence-corrected chi connectivity index (χ1v) is 12.6. The van der Waals surface area contributed by atoms with Crippen molar-refractivity contribution in [3.05, 3.63) is 64.6 Å². The number of hydrogen-bond donors (Lipinski definition) is 3. The molecule has 4 atom stereocenters. The maximum atomic E-state index is 14.3. The molecule has 1 aliphatic carbocycles. The fourth-order valence-corrected chi connectivity index (χ4v) is 6.07. The Labute approximate surface area is 213 Å². The summed E-state index contributed by atoms with van der Waals surface area (Å²) in [4.78, 5) is 28.6. The van der Waals surface area contributed by atoms with Crippen molar-refractivity contribution in [3.8, 4) is 5.75 Å². The van der Waals surface area contributed by atoms with Crippen LogP contribution in [-0.2, 0) is 22.7 Å². The number of fused-ring (bicyclic) bond motifs is 2. The summed E-state index contributed by atoms with van der Waals surface area (Å²) in [7, 11) is 0. The van der Waals surface area contributed by atoms with E-state index in [1.54, 1.807) is 52.9 Å². The molecule has 2 aromatic carbocycles. The molecule has 2 heterocycles. The Kier molecular flexibility index (Phi) is 6.66. The van der Waals surface area contributed by atoms with Gasteiger partial charge in [-0.15, -0.1) is 0 Å². The summed E-state index contributed by atoms with van der Waals surface area (Å²) >= 11 is 5.87. The molecular formula is C27H29ClFN3O4. The van der Waals surface area contributed by atoms with Gasteiger partial charge >= 0.3 is 0 Å². The number of likely N-dealkylation sites (tertiary alicyclic amines) is 1. The monoisotopic (exact) mass is 513 g/mol. The number of aromatic hydroxyl groups is 1. The SMILES string of the molecule is CC(O)c1cn(CC(=O)N2C[C@@H]3CCC[C@@H]3[C@H]2C(=O)NCc2cccc(Cl)c2F)c2cc(O)ccc12. The van der Waals surface area contributed by atoms with Gasteiger partial charge in [0.15, 0.2) is 0 Å². The van der Waals surface area contributed by atoms with Gasteiger partial charge in [-0.2, -0.15) is 0 Å². The standard InChI is InChI=1S/C27H29ClFN3O4/c1-15(33)21-13-31(23-10-18(34)8-9-20(21)23)14-24(35)32-12-17-5-2-6-19(17)26(32)27(36)30-11-16-4-3-7-22(28)25(16)29/h3-4,7-10,13,15,17,19,26,33-34H,2,5-6,11-12,14H2,1H3,(H,30,36)/t15?,17-,19-,26-/m0/s1. The third kappa shape index (κ3) is 4.44. The highest BCUT2D eigenvalue weighted by Crippen LogP contribution is 2.42. The molecule has 2 aliphatic rings. The van der Waals surface area contributed by atoms with E-state index in [0.29, 0.717) is 23.2 Å². The van der Waals surface area contributed by atoms with Gasteiger partial charge in [0.1, 0.15) is 24.2 Å². The van der Waals surface area contributed by atoms with Crippen LogP contribution in [0.1, 0.15) is 43.4 Å². The lowest BCUT2D eigenvalue weighted by molar-refractivity contribution is -0.140. The maximum Gasteiger partial charge on any atom is 0.243 e. The zero-order valence-electron chi connectivity index (χ0n) is 20.0. The van der Waals surface area contributed by atoms with Gasteiger partial charge in [-0.1, -0.05) is 30.2 Å². The van der Waals surface area contributed by atoms with Gasteiger partial charge < -0.3 is 25.0 Å². The highest BCUT2D eigenvalue weighted by molar-refractivity contribution is 6.30. The van der Waals surface area contributed by atoms with Crippen LogP contribution in [0.3, 0.4) is 0 Å². The van der Waals surface area contributed by atoms with Crippen LogP contribution in [0.2, 0.25) is 5.02 Å². The maximum absolute atomic E-state index is 14.3. The van der Waals surface area contributed by atoms with Crippen LogP contribution in [0.5, 0.6) is 5.75 Å². The largest absolute Gasteiger partial charge is 0.508 e. The molecule has 2 amide bonds. The van der Waals surface area contributed by atoms with E-state index in [2.05, 4.69) is 5.32 Å². The Bertz CT molecular complexity index is 1320. The molecule has 1 saturated heterocycles. The Balaban J connectivity index is 1.38. The van der Waals surface area contributed by atoms with Gasteiger partial charge in [0, 0.05) is 41.9 Å². The molecular weight excluding hydrogens is 485 g/mol. The summed E-state index contributed by atoms with van der Waals surface area (Å²) in [5, 5.41) is 23.8. The lowest BCUT2D eigenvalue weighted by Crippen LogP contribution is -2.49. The normalized spacial score (nSPS) is 22.1. The molecule has 9 heteroatoms. The van der Waals surface area contributed by atoms with Crippen molar-refractivity contribution in [2.75, 3.05) is 6.54 Å². The number of aliphatic hydroxyl groups is 1. The van der Waals surface area contributed by atoms with E-state index in [-0.39, 0.29) is 47.5 Å². The average Bonchev–Trinajstić information content (AvgIpc) is 3.53. The van der Waals surface area contributed by atoms with Gasteiger partial charge in [-0.25, -0.2) is 4.39 Å². The molecule has 190 valence electrons. The molecule has 36 heavy (non-hydrogen) atoms. The van der Waals surface area contributed by atoms with E-state index >= 15 is 0 Å². The number of benzene rings is 2. The lowest BCUT2D eigenvalue weighted by Gasteiger charge is -2.27. The molecule has 3 N–H and O–H groups in total. The molecule has 2 fully saturated rings. The Morgan fingerprint density at radius 2 is 2.06 bits per heavy atom. The van der Waals surface area contributed by atoms with E-state index in [4.69, 9.17) is 11.6 Å². The van der Waals surface area contributed by atoms with Crippen LogP contribution < -0.4 is 5.32 Å². The van der Waals surface area contributed by atoms with Crippen molar-refractivity contribution in [3.63, 3.8) is 0 Å². The summed E-state index contributed by atoms with van der Waals surface area (Å²) in [6.45, 7) is 2.11. The number of aromatic nitrogens is 1. The molecule has 7 nitrogen and oxygen atoms in total. The third-order valence-electron chi connectivity index (χ3n) is 7.62. The number of carbonyl (C=O) groups is 2. The van der Waals surface area contributed by atoms with Crippen LogP contribution in [0.25, 0.3) is 10.9 Å². The summed E-state index contributed by atoms with van der Waals surface area (Å²) in [6, 6.07) is 8.87. The molecule has 1 aliphatic heterocycles. The van der Waals surface area contributed by atoms with Gasteiger partial charge in [-0.3, -0.25) is 9.59 Å². The van der Waals surface area contributed by atoms with Crippen molar-refractivity contribution in [2.24, 2.45) is 11.8 Å². The number of amides is 2. The first-order chi connectivity index (χ1) is 17.2. The van der Waals surface area contributed by atoms with Crippen LogP contribution in [0.15, 0.2) is 42.6 Å². The number of nitrogens with one attached hydrogen (secondary N) is 1. The second kappa shape index (κ2) is 9.75. The minimum absolute atomic E-state index is 0.00294. The molecule has 0 bridgehead atoms. The topological polar surface area (TPSA) is 94.8 Å². The molecule has 0 spiro atoms. The summed E-state index contributed by atoms with van der Waals surface area (Å²) in [5.41, 5.74) is 1.59. The Hall–Kier alpha value is -3.10. The van der Waals surface area contributed by atoms with Gasteiger partial charge in [0.05, 0.1) is 16.6 Å². The number of rotatable bonds is 6. The highest BCUT2D eigenvalue weighted by atomic mass is 35.5. The van der Waals surface area contributed by atoms with Crippen LogP contribution >= 0.6 is 11.6 Å². The Morgan fingerprint density at radius 3 is 2.83 bits per heavy atom. The first-order valence-electron chi connectivity index (χ1n) is 12.2. The van der Waals surface area contributed by atoms with Gasteiger partial charge in [-0.05, 0) is 49.8 Å². The molecule has 3 aromatic rings. The van der Waals surface area contributed by atoms with E-state index in [1.165, 1.54) is 6.07 Å². The van der Waals surface area contributed by atoms with Crippen LogP contribution in [0.4, 0.5) is 4.39 Å². The minimum atomic E-state index is -0.745. The average molecular weight is 514 g/mol. The van der Waals surface area contributed by atoms with Crippen LogP contribution in [0, 0.1) is 17.7 Å². The summed E-state index contributed by atoms with van der Waals surface area (Å²) in [5.74, 6) is -0.683. The molecule has 5 rings (SSSR count). The molecule has 0 radical (unpaired) electrons. The second-order valence-electron chi connectivity index (χ2n) is 9.87. The second-order valence-corrected chi connectivity index (χ2v) is 10.3. The van der Waals surface area contributed by atoms with E-state index in [0.717, 1.165) is 24.6 Å². The van der Waals surface area contributed by atoms with E-state index < -0.39 is 18.0 Å². The number of halogens is 2. The predicted octanol–water partition coefficient (Wildman–Crippen LogP) is 4.14. The van der Waals surface area contributed by atoms with Crippen molar-refractivity contribution < 1.29 is 24.2 Å². The first kappa shape index (κ1) is 24.6. The molecule has 1 aromatic heterocycles. The predicted molar refractivity (Wildman–Crippen MR) is 134 cm³/mol. The number of carbonyl (C=O) groups excluding carboxylic acids is 2. The van der Waals surface area contributed by atoms with Crippen molar-refractivity contribution in [1.29, 1.82) is 0 Å². The van der Waals surface area contributed by atoms with E-state index in [9.17, 15) is 24.2 Å². The fourth-order valence-electron chi connectivity index (χ4n) is 5.88. The molecule has 1 unspecified atom stereocenters. The van der Waals surface area contributed by atoms with Gasteiger partial charge in [0.25, 0.3) is 0 Å². The van der Waals surface area contributed by atoms with Crippen LogP contribution in [-0.4, -0.2) is 44.1 Å². The molecule has 1 saturated carbocycles. The van der Waals surface area contributed by atoms with Gasteiger partial charge in [0.2, 0.25) is 11.8 Å². The zero-order chi connectivity index (χ0) is 25.6. The number of nitrogens with zero attached hydrogens (tertiary/aromatic N) is 2. The van der Waals surface area contributed by atoms with Crippen molar-refractivity contribution in [1.82, 2.24) is 14.8 Å². The lowest BCUT2D eigenvalue weighted by atomic mass is 9.93. The number of phenolic OH excluding ortho intramolecular Hbond substituents is 1. The van der Waals surface area contributed by atoms with Crippen molar-refractivity contribution in [2.45, 2.75) is 51.4 Å². The minimum Gasteiger partial charge on any atom is -0.508 e. The third-order valence-corrected chi connectivity index (χ3v) is 7.91. The Morgan fingerprint density at radius 1 is 1.25 bits per heavy atom. The summed E-state index contributed by atoms with van der Waals surface area (Å²) in [6.07, 6.45) is 3.83. The zero-order valence-corrected chi connectivity index (χ0v) is 20.7. The number of phenols is 1. The quantitative estimate of drug-likeness (QED) is 0.462. The highest BCUT2D eigenvalue weighted by Gasteiger charge is 2.49. The number of aliphatic hydroxyl groups excluding tert-OH is 1. The van der Waals surface area contributed by atoms with E-state index in [1.807, 2.05) is 0 Å². The smallest absolute Gasteiger partial charge is 0.243 e.